The maximum absolute atomic E-state index is 12.8. The SMILES string of the molecule is Cc1nc(C2(c3ccccc3)CCN(C(=O)c3cncn3C)CC2)cs1. The molecular formula is C20H22N4OS. The predicted molar refractivity (Wildman–Crippen MR) is 102 cm³/mol. The zero-order chi connectivity index (χ0) is 18.1. The molecule has 6 heteroatoms. The van der Waals surface area contributed by atoms with E-state index in [2.05, 4.69) is 34.6 Å². The third kappa shape index (κ3) is 2.84. The molecule has 0 unspecified atom stereocenters. The molecule has 0 atom stereocenters. The Bertz CT molecular complexity index is 907. The van der Waals surface area contributed by atoms with E-state index in [1.807, 2.05) is 24.9 Å². The van der Waals surface area contributed by atoms with Crippen molar-refractivity contribution in [2.45, 2.75) is 25.2 Å². The molecule has 1 aromatic carbocycles. The average molecular weight is 366 g/mol. The fraction of sp³-hybridized carbons (Fsp3) is 0.350. The molecule has 0 radical (unpaired) electrons. The number of benzene rings is 1. The molecular weight excluding hydrogens is 344 g/mol. The van der Waals surface area contributed by atoms with Crippen molar-refractivity contribution in [3.8, 4) is 0 Å². The number of piperidine rings is 1. The molecule has 5 nitrogen and oxygen atoms in total. The topological polar surface area (TPSA) is 51.0 Å². The third-order valence-electron chi connectivity index (χ3n) is 5.38. The summed E-state index contributed by atoms with van der Waals surface area (Å²) in [5, 5.41) is 3.27. The smallest absolute Gasteiger partial charge is 0.272 e. The lowest BCUT2D eigenvalue weighted by Crippen LogP contribution is -2.46. The largest absolute Gasteiger partial charge is 0.337 e. The van der Waals surface area contributed by atoms with Gasteiger partial charge in [0.1, 0.15) is 5.69 Å². The first-order valence-corrected chi connectivity index (χ1v) is 9.72. The lowest BCUT2D eigenvalue weighted by Gasteiger charge is -2.41. The van der Waals surface area contributed by atoms with Crippen molar-refractivity contribution in [3.05, 3.63) is 70.2 Å². The van der Waals surface area contributed by atoms with E-state index in [1.54, 1.807) is 28.4 Å². The first-order chi connectivity index (χ1) is 12.6. The van der Waals surface area contributed by atoms with Crippen LogP contribution in [-0.4, -0.2) is 38.4 Å². The Kier molecular flexibility index (Phi) is 4.36. The first-order valence-electron chi connectivity index (χ1n) is 8.84. The van der Waals surface area contributed by atoms with Gasteiger partial charge in [-0.15, -0.1) is 11.3 Å². The fourth-order valence-electron chi connectivity index (χ4n) is 3.85. The number of amides is 1. The normalized spacial score (nSPS) is 16.6. The number of rotatable bonds is 3. The van der Waals surface area contributed by atoms with Gasteiger partial charge < -0.3 is 9.47 Å². The summed E-state index contributed by atoms with van der Waals surface area (Å²) < 4.78 is 1.78. The number of thiazole rings is 1. The second-order valence-corrected chi connectivity index (χ2v) is 7.94. The molecule has 0 N–H and O–H groups in total. The summed E-state index contributed by atoms with van der Waals surface area (Å²) in [5.74, 6) is 0.0566. The molecule has 1 aliphatic rings. The minimum absolute atomic E-state index is 0.0566. The van der Waals surface area contributed by atoms with E-state index in [1.165, 1.54) is 5.56 Å². The third-order valence-corrected chi connectivity index (χ3v) is 6.15. The molecule has 1 aliphatic heterocycles. The number of likely N-dealkylation sites (tertiary alicyclic amines) is 1. The van der Waals surface area contributed by atoms with Gasteiger partial charge in [0, 0.05) is 30.9 Å². The molecule has 1 fully saturated rings. The van der Waals surface area contributed by atoms with Crippen molar-refractivity contribution < 1.29 is 4.79 Å². The van der Waals surface area contributed by atoms with E-state index in [9.17, 15) is 4.79 Å². The van der Waals surface area contributed by atoms with E-state index < -0.39 is 0 Å². The van der Waals surface area contributed by atoms with Crippen LogP contribution in [0, 0.1) is 6.92 Å². The molecule has 0 aliphatic carbocycles. The summed E-state index contributed by atoms with van der Waals surface area (Å²) >= 11 is 1.70. The minimum atomic E-state index is -0.116. The maximum Gasteiger partial charge on any atom is 0.272 e. The van der Waals surface area contributed by atoms with Gasteiger partial charge in [-0.05, 0) is 25.3 Å². The quantitative estimate of drug-likeness (QED) is 0.714. The number of imidazole rings is 1. The second-order valence-electron chi connectivity index (χ2n) is 6.88. The molecule has 0 spiro atoms. The van der Waals surface area contributed by atoms with Crippen LogP contribution in [0.2, 0.25) is 0 Å². The van der Waals surface area contributed by atoms with Gasteiger partial charge in [0.15, 0.2) is 0 Å². The van der Waals surface area contributed by atoms with E-state index in [4.69, 9.17) is 4.98 Å². The van der Waals surface area contributed by atoms with Crippen LogP contribution in [0.4, 0.5) is 0 Å². The van der Waals surface area contributed by atoms with E-state index >= 15 is 0 Å². The van der Waals surface area contributed by atoms with Gasteiger partial charge in [-0.25, -0.2) is 9.97 Å². The molecule has 0 saturated carbocycles. The van der Waals surface area contributed by atoms with E-state index in [-0.39, 0.29) is 11.3 Å². The zero-order valence-electron chi connectivity index (χ0n) is 15.1. The van der Waals surface area contributed by atoms with Crippen LogP contribution < -0.4 is 0 Å². The summed E-state index contributed by atoms with van der Waals surface area (Å²) in [6, 6.07) is 10.6. The molecule has 1 saturated heterocycles. The monoisotopic (exact) mass is 366 g/mol. The number of aromatic nitrogens is 3. The second kappa shape index (κ2) is 6.68. The summed E-state index contributed by atoms with van der Waals surface area (Å²) in [5.41, 5.74) is 2.95. The molecule has 0 bridgehead atoms. The van der Waals surface area contributed by atoms with Crippen molar-refractivity contribution >= 4 is 17.2 Å². The maximum atomic E-state index is 12.8. The van der Waals surface area contributed by atoms with Gasteiger partial charge in [0.05, 0.1) is 23.2 Å². The lowest BCUT2D eigenvalue weighted by molar-refractivity contribution is 0.0674. The van der Waals surface area contributed by atoms with Crippen molar-refractivity contribution in [3.63, 3.8) is 0 Å². The molecule has 2 aromatic heterocycles. The van der Waals surface area contributed by atoms with Crippen LogP contribution in [0.3, 0.4) is 0 Å². The number of nitrogens with zero attached hydrogens (tertiary/aromatic N) is 4. The number of carbonyl (C=O) groups is 1. The standard InChI is InChI=1S/C20H22N4OS/c1-15-22-18(13-26-15)20(16-6-4-3-5-7-16)8-10-24(11-9-20)19(25)17-12-21-14-23(17)2/h3-7,12-14H,8-11H2,1-2H3. The van der Waals surface area contributed by atoms with E-state index in [0.29, 0.717) is 5.69 Å². The molecule has 3 aromatic rings. The zero-order valence-corrected chi connectivity index (χ0v) is 15.9. The highest BCUT2D eigenvalue weighted by Gasteiger charge is 2.41. The molecule has 26 heavy (non-hydrogen) atoms. The Balaban J connectivity index is 1.63. The predicted octanol–water partition coefficient (Wildman–Crippen LogP) is 3.41. The number of aryl methyl sites for hydroxylation is 2. The summed E-state index contributed by atoms with van der Waals surface area (Å²) in [7, 11) is 1.86. The van der Waals surface area contributed by atoms with Crippen LogP contribution >= 0.6 is 11.3 Å². The number of carbonyl (C=O) groups excluding carboxylic acids is 1. The van der Waals surface area contributed by atoms with Crippen molar-refractivity contribution in [1.29, 1.82) is 0 Å². The Morgan fingerprint density at radius 3 is 2.50 bits per heavy atom. The summed E-state index contributed by atoms with van der Waals surface area (Å²) in [4.78, 5) is 23.7. The van der Waals surface area contributed by atoms with Gasteiger partial charge in [0.2, 0.25) is 0 Å². The number of hydrogen-bond donors (Lipinski definition) is 0. The van der Waals surface area contributed by atoms with Crippen LogP contribution in [0.1, 0.15) is 39.6 Å². The van der Waals surface area contributed by atoms with Crippen LogP contribution in [0.25, 0.3) is 0 Å². The lowest BCUT2D eigenvalue weighted by atomic mass is 9.70. The Labute approximate surface area is 157 Å². The Morgan fingerprint density at radius 1 is 1.19 bits per heavy atom. The highest BCUT2D eigenvalue weighted by molar-refractivity contribution is 7.09. The minimum Gasteiger partial charge on any atom is -0.337 e. The van der Waals surface area contributed by atoms with Crippen LogP contribution in [0.5, 0.6) is 0 Å². The molecule has 4 rings (SSSR count). The van der Waals surface area contributed by atoms with Gasteiger partial charge in [-0.2, -0.15) is 0 Å². The van der Waals surface area contributed by atoms with Gasteiger partial charge in [-0.1, -0.05) is 30.3 Å². The number of hydrogen-bond acceptors (Lipinski definition) is 4. The van der Waals surface area contributed by atoms with Gasteiger partial charge in [0.25, 0.3) is 5.91 Å². The highest BCUT2D eigenvalue weighted by atomic mass is 32.1. The average Bonchev–Trinajstić information content (AvgIpc) is 3.30. The first kappa shape index (κ1) is 17.0. The molecule has 134 valence electrons. The van der Waals surface area contributed by atoms with Crippen LogP contribution in [-0.2, 0) is 12.5 Å². The van der Waals surface area contributed by atoms with Gasteiger partial charge >= 0.3 is 0 Å². The van der Waals surface area contributed by atoms with Crippen LogP contribution in [0.15, 0.2) is 48.2 Å². The van der Waals surface area contributed by atoms with Crippen molar-refractivity contribution in [1.82, 2.24) is 19.4 Å². The Hall–Kier alpha value is -2.47. The summed E-state index contributed by atoms with van der Waals surface area (Å²) in [6.45, 7) is 3.49. The molecule has 3 heterocycles. The van der Waals surface area contributed by atoms with Gasteiger partial charge in [-0.3, -0.25) is 4.79 Å². The summed E-state index contributed by atoms with van der Waals surface area (Å²) in [6.07, 6.45) is 5.07. The highest BCUT2D eigenvalue weighted by Crippen LogP contribution is 2.42. The molecule has 1 amide bonds. The van der Waals surface area contributed by atoms with Crippen molar-refractivity contribution in [2.75, 3.05) is 13.1 Å². The van der Waals surface area contributed by atoms with Crippen molar-refractivity contribution in [2.24, 2.45) is 7.05 Å². The Morgan fingerprint density at radius 2 is 1.92 bits per heavy atom. The van der Waals surface area contributed by atoms with E-state index in [0.717, 1.165) is 36.6 Å². The fourth-order valence-corrected chi connectivity index (χ4v) is 4.56.